The molecule has 1 aliphatic rings. The van der Waals surface area contributed by atoms with E-state index in [9.17, 15) is 9.90 Å². The Morgan fingerprint density at radius 1 is 1.19 bits per heavy atom. The molecule has 0 aromatic heterocycles. The van der Waals surface area contributed by atoms with Crippen molar-refractivity contribution in [3.63, 3.8) is 0 Å². The van der Waals surface area contributed by atoms with Crippen molar-refractivity contribution >= 4 is 11.6 Å². The number of nitrogens with zero attached hydrogens (tertiary/aromatic N) is 2. The highest BCUT2D eigenvalue weighted by molar-refractivity contribution is 5.94. The van der Waals surface area contributed by atoms with Crippen LogP contribution in [-0.4, -0.2) is 35.0 Å². The van der Waals surface area contributed by atoms with Gasteiger partial charge in [0, 0.05) is 5.69 Å². The van der Waals surface area contributed by atoms with Crippen LogP contribution in [0.5, 0.6) is 0 Å². The Balaban J connectivity index is 1.54. The lowest BCUT2D eigenvalue weighted by molar-refractivity contribution is -0.121. The molecule has 1 amide bonds. The zero-order valence-corrected chi connectivity index (χ0v) is 15.5. The third-order valence-electron chi connectivity index (χ3n) is 5.35. The first-order valence-corrected chi connectivity index (χ1v) is 9.36. The highest BCUT2D eigenvalue weighted by Gasteiger charge is 2.30. The molecule has 0 radical (unpaired) electrons. The first-order chi connectivity index (χ1) is 13.1. The normalized spacial score (nSPS) is 17.7. The summed E-state index contributed by atoms with van der Waals surface area (Å²) in [5, 5.41) is 22.5. The lowest BCUT2D eigenvalue weighted by Gasteiger charge is -2.37. The maximum absolute atomic E-state index is 12.6. The Kier molecular flexibility index (Phi) is 6.23. The van der Waals surface area contributed by atoms with E-state index in [-0.39, 0.29) is 17.9 Å². The average molecular weight is 363 g/mol. The monoisotopic (exact) mass is 363 g/mol. The summed E-state index contributed by atoms with van der Waals surface area (Å²) in [5.74, 6) is 0.137. The summed E-state index contributed by atoms with van der Waals surface area (Å²) in [4.78, 5) is 14.7. The Morgan fingerprint density at radius 3 is 2.56 bits per heavy atom. The van der Waals surface area contributed by atoms with E-state index in [0.29, 0.717) is 11.3 Å². The van der Waals surface area contributed by atoms with Gasteiger partial charge in [0.1, 0.15) is 0 Å². The zero-order valence-electron chi connectivity index (χ0n) is 15.5. The average Bonchev–Trinajstić information content (AvgIpc) is 2.73. The number of anilines is 1. The highest BCUT2D eigenvalue weighted by Crippen LogP contribution is 2.31. The van der Waals surface area contributed by atoms with Crippen molar-refractivity contribution in [3.8, 4) is 6.07 Å². The van der Waals surface area contributed by atoms with Crippen molar-refractivity contribution in [2.45, 2.75) is 31.9 Å². The Labute approximate surface area is 160 Å². The summed E-state index contributed by atoms with van der Waals surface area (Å²) in [6.45, 7) is 3.46. The van der Waals surface area contributed by atoms with Crippen LogP contribution in [0, 0.1) is 17.2 Å². The molecular formula is C22H25N3O2. The van der Waals surface area contributed by atoms with Gasteiger partial charge in [-0.05, 0) is 62.5 Å². The highest BCUT2D eigenvalue weighted by atomic mass is 16.3. The summed E-state index contributed by atoms with van der Waals surface area (Å²) in [6.07, 6.45) is 1.26. The molecule has 1 fully saturated rings. The number of aliphatic hydroxyl groups is 1. The van der Waals surface area contributed by atoms with Crippen LogP contribution in [0.1, 0.15) is 37.0 Å². The van der Waals surface area contributed by atoms with Gasteiger partial charge in [0.15, 0.2) is 0 Å². The molecule has 1 saturated heterocycles. The minimum Gasteiger partial charge on any atom is -0.388 e. The third-order valence-corrected chi connectivity index (χ3v) is 5.35. The van der Waals surface area contributed by atoms with Crippen molar-refractivity contribution in [1.82, 2.24) is 4.90 Å². The fourth-order valence-electron chi connectivity index (χ4n) is 3.62. The van der Waals surface area contributed by atoms with Gasteiger partial charge in [-0.25, -0.2) is 0 Å². The number of carbonyl (C=O) groups excluding carboxylic acids is 1. The Morgan fingerprint density at radius 2 is 1.89 bits per heavy atom. The summed E-state index contributed by atoms with van der Waals surface area (Å²) in [6, 6.07) is 18.5. The number of nitrogens with one attached hydrogen (secondary N) is 1. The Bertz CT molecular complexity index is 808. The van der Waals surface area contributed by atoms with E-state index in [1.807, 2.05) is 37.3 Å². The van der Waals surface area contributed by atoms with Crippen LogP contribution in [0.15, 0.2) is 54.6 Å². The molecule has 0 bridgehead atoms. The topological polar surface area (TPSA) is 76.4 Å². The summed E-state index contributed by atoms with van der Waals surface area (Å²) >= 11 is 0. The minimum atomic E-state index is -0.453. The maximum Gasteiger partial charge on any atom is 0.241 e. The molecule has 2 atom stereocenters. The van der Waals surface area contributed by atoms with Gasteiger partial charge in [-0.1, -0.05) is 36.4 Å². The van der Waals surface area contributed by atoms with Gasteiger partial charge >= 0.3 is 0 Å². The lowest BCUT2D eigenvalue weighted by Crippen LogP contribution is -2.46. The van der Waals surface area contributed by atoms with E-state index in [0.717, 1.165) is 31.5 Å². The summed E-state index contributed by atoms with van der Waals surface area (Å²) in [7, 11) is 0. The van der Waals surface area contributed by atoms with Gasteiger partial charge < -0.3 is 10.4 Å². The molecule has 1 heterocycles. The minimum absolute atomic E-state index is 0.0767. The van der Waals surface area contributed by atoms with E-state index >= 15 is 0 Å². The van der Waals surface area contributed by atoms with Gasteiger partial charge in [0.25, 0.3) is 0 Å². The molecule has 0 unspecified atom stereocenters. The van der Waals surface area contributed by atoms with Gasteiger partial charge in [-0.15, -0.1) is 0 Å². The number of aliphatic hydroxyl groups excluding tert-OH is 1. The summed E-state index contributed by atoms with van der Waals surface area (Å²) in [5.41, 5.74) is 2.12. The van der Waals surface area contributed by atoms with Crippen LogP contribution in [0.4, 0.5) is 5.69 Å². The zero-order chi connectivity index (χ0) is 19.2. The molecule has 5 heteroatoms. The van der Waals surface area contributed by atoms with E-state index < -0.39 is 6.10 Å². The van der Waals surface area contributed by atoms with Crippen LogP contribution in [0.25, 0.3) is 0 Å². The van der Waals surface area contributed by atoms with Crippen LogP contribution in [0.3, 0.4) is 0 Å². The molecule has 1 aliphatic heterocycles. The van der Waals surface area contributed by atoms with E-state index in [2.05, 4.69) is 16.3 Å². The standard InChI is InChI=1S/C22H25N3O2/c1-16(22(27)24-20-9-5-6-17(14-20)15-23)25-12-10-19(11-13-25)21(26)18-7-3-2-4-8-18/h2-9,14,16,19,21,26H,10-13H2,1H3,(H,24,27)/t16-,21+/m0/s1. The van der Waals surface area contributed by atoms with Crippen molar-refractivity contribution in [3.05, 3.63) is 65.7 Å². The quantitative estimate of drug-likeness (QED) is 0.854. The smallest absolute Gasteiger partial charge is 0.241 e. The molecular weight excluding hydrogens is 338 g/mol. The van der Waals surface area contributed by atoms with Gasteiger partial charge in [0.05, 0.1) is 23.8 Å². The molecule has 5 nitrogen and oxygen atoms in total. The second-order valence-corrected chi connectivity index (χ2v) is 7.09. The molecule has 0 saturated carbocycles. The number of likely N-dealkylation sites (tertiary alicyclic amines) is 1. The fourth-order valence-corrected chi connectivity index (χ4v) is 3.62. The predicted molar refractivity (Wildman–Crippen MR) is 105 cm³/mol. The van der Waals surface area contributed by atoms with Crippen molar-refractivity contribution in [2.24, 2.45) is 5.92 Å². The number of carbonyl (C=O) groups is 1. The second-order valence-electron chi connectivity index (χ2n) is 7.09. The van der Waals surface area contributed by atoms with Crippen LogP contribution >= 0.6 is 0 Å². The van der Waals surface area contributed by atoms with Gasteiger partial charge in [-0.3, -0.25) is 9.69 Å². The van der Waals surface area contributed by atoms with Crippen LogP contribution < -0.4 is 5.32 Å². The first kappa shape index (κ1) is 19.1. The number of nitriles is 1. The third kappa shape index (κ3) is 4.73. The number of piperidine rings is 1. The van der Waals surface area contributed by atoms with Gasteiger partial charge in [0.2, 0.25) is 5.91 Å². The SMILES string of the molecule is C[C@@H](C(=O)Nc1cccc(C#N)c1)N1CCC([C@H](O)c2ccccc2)CC1. The largest absolute Gasteiger partial charge is 0.388 e. The number of hydrogen-bond donors (Lipinski definition) is 2. The number of amides is 1. The second kappa shape index (κ2) is 8.81. The molecule has 27 heavy (non-hydrogen) atoms. The Hall–Kier alpha value is -2.68. The molecule has 2 aromatic rings. The van der Waals surface area contributed by atoms with E-state index in [1.165, 1.54) is 0 Å². The lowest BCUT2D eigenvalue weighted by atomic mass is 9.87. The maximum atomic E-state index is 12.6. The number of benzene rings is 2. The molecule has 0 aliphatic carbocycles. The van der Waals surface area contributed by atoms with Crippen molar-refractivity contribution in [2.75, 3.05) is 18.4 Å². The molecule has 0 spiro atoms. The summed E-state index contributed by atoms with van der Waals surface area (Å²) < 4.78 is 0. The van der Waals surface area contributed by atoms with E-state index in [1.54, 1.807) is 24.3 Å². The van der Waals surface area contributed by atoms with Crippen molar-refractivity contribution in [1.29, 1.82) is 5.26 Å². The number of rotatable bonds is 5. The van der Waals surface area contributed by atoms with Crippen LogP contribution in [0.2, 0.25) is 0 Å². The van der Waals surface area contributed by atoms with Crippen LogP contribution in [-0.2, 0) is 4.79 Å². The number of hydrogen-bond acceptors (Lipinski definition) is 4. The van der Waals surface area contributed by atoms with Crippen molar-refractivity contribution < 1.29 is 9.90 Å². The fraction of sp³-hybridized carbons (Fsp3) is 0.364. The van der Waals surface area contributed by atoms with E-state index in [4.69, 9.17) is 5.26 Å². The molecule has 2 aromatic carbocycles. The first-order valence-electron chi connectivity index (χ1n) is 9.36. The molecule has 140 valence electrons. The predicted octanol–water partition coefficient (Wildman–Crippen LogP) is 3.33. The van der Waals surface area contributed by atoms with Gasteiger partial charge in [-0.2, -0.15) is 5.26 Å². The molecule has 3 rings (SSSR count). The molecule has 2 N–H and O–H groups in total.